The first kappa shape index (κ1) is 27.8. The van der Waals surface area contributed by atoms with Crippen molar-refractivity contribution in [3.8, 4) is 11.8 Å². The molecule has 0 aromatic heterocycles. The molecule has 3 heteroatoms. The Labute approximate surface area is 217 Å². The summed E-state index contributed by atoms with van der Waals surface area (Å²) in [6.07, 6.45) is 14.3. The molecular weight excluding hydrogens is 459 g/mol. The van der Waals surface area contributed by atoms with Crippen LogP contribution in [-0.4, -0.2) is 4.70 Å². The van der Waals surface area contributed by atoms with Gasteiger partial charge in [0.05, 0.1) is 0 Å². The Morgan fingerprint density at radius 1 is 0.794 bits per heavy atom. The molecule has 182 valence electrons. The number of aryl methyl sites for hydroxylation is 1. The zero-order valence-corrected chi connectivity index (χ0v) is 22.0. The van der Waals surface area contributed by atoms with Crippen LogP contribution in [0.1, 0.15) is 101 Å². The smallest absolute Gasteiger partial charge is 0.210 e. The number of hydrogen-bond donors (Lipinski definition) is 0. The fourth-order valence-corrected chi connectivity index (χ4v) is 4.51. The van der Waals surface area contributed by atoms with Crippen LogP contribution in [0.5, 0.6) is 0 Å². The second-order valence-electron chi connectivity index (χ2n) is 8.99. The van der Waals surface area contributed by atoms with E-state index in [1.165, 1.54) is 54.4 Å². The molecule has 34 heavy (non-hydrogen) atoms. The molecule has 1 heterocycles. The molecule has 2 nitrogen and oxygen atoms in total. The van der Waals surface area contributed by atoms with Gasteiger partial charge in [0.15, 0.2) is 0 Å². The summed E-state index contributed by atoms with van der Waals surface area (Å²) in [6, 6.07) is 16.9. The molecule has 2 aromatic carbocycles. The van der Waals surface area contributed by atoms with Gasteiger partial charge in [0.2, 0.25) is 11.4 Å². The van der Waals surface area contributed by atoms with E-state index in [0.717, 1.165) is 53.8 Å². The fraction of sp³-hybridized carbons (Fsp3) is 0.419. The van der Waals surface area contributed by atoms with Crippen LogP contribution in [0, 0.1) is 11.8 Å². The first-order chi connectivity index (χ1) is 16.2. The maximum Gasteiger partial charge on any atom is 0.210 e. The van der Waals surface area contributed by atoms with E-state index in [2.05, 4.69) is 68.2 Å². The average molecular weight is 497 g/mol. The van der Waals surface area contributed by atoms with E-state index >= 15 is 0 Å². The van der Waals surface area contributed by atoms with Gasteiger partial charge in [-0.25, -0.2) is 4.70 Å². The van der Waals surface area contributed by atoms with Gasteiger partial charge in [-0.3, -0.25) is 0 Å². The summed E-state index contributed by atoms with van der Waals surface area (Å²) in [7, 11) is 0. The molecule has 0 spiro atoms. The Hall–Kier alpha value is -2.43. The van der Waals surface area contributed by atoms with Crippen LogP contribution >= 0.6 is 0 Å². The summed E-state index contributed by atoms with van der Waals surface area (Å²) in [5.41, 5.74) is 18.7. The predicted octanol–water partition coefficient (Wildman–Crippen LogP) is 8.95. The van der Waals surface area contributed by atoms with Crippen molar-refractivity contribution in [3.63, 3.8) is 0 Å². The Bertz CT molecular complexity index is 1080. The molecule has 0 aliphatic carbocycles. The maximum absolute atomic E-state index is 11.3. The van der Waals surface area contributed by atoms with E-state index in [1.54, 1.807) is 0 Å². The van der Waals surface area contributed by atoms with Crippen LogP contribution in [0.4, 0.5) is 0 Å². The zero-order chi connectivity index (χ0) is 23.5. The normalized spacial score (nSPS) is 12.8. The Morgan fingerprint density at radius 2 is 1.50 bits per heavy atom. The maximum atomic E-state index is 11.3. The molecule has 0 atom stereocenters. The molecule has 2 aromatic rings. The van der Waals surface area contributed by atoms with Crippen LogP contribution in [-0.2, 0) is 22.9 Å². The van der Waals surface area contributed by atoms with Crippen molar-refractivity contribution in [2.24, 2.45) is 0 Å². The number of nitrogens with zero attached hydrogens (tertiary/aromatic N) is 2. The van der Waals surface area contributed by atoms with Gasteiger partial charge in [-0.15, -0.1) is 5.92 Å². The van der Waals surface area contributed by atoms with Crippen molar-refractivity contribution in [3.05, 3.63) is 88.0 Å². The van der Waals surface area contributed by atoms with Crippen LogP contribution in [0.25, 0.3) is 16.9 Å². The topological polar surface area (TPSA) is 25.3 Å². The second-order valence-corrected chi connectivity index (χ2v) is 8.99. The number of rotatable bonds is 12. The zero-order valence-electron chi connectivity index (χ0n) is 21.0. The third-order valence-corrected chi connectivity index (χ3v) is 6.30. The van der Waals surface area contributed by atoms with E-state index in [9.17, 15) is 5.53 Å². The monoisotopic (exact) mass is 496 g/mol. The molecule has 0 saturated heterocycles. The molecule has 0 N–H and O–H groups in total. The van der Waals surface area contributed by atoms with Gasteiger partial charge in [0, 0.05) is 44.8 Å². The summed E-state index contributed by atoms with van der Waals surface area (Å²) in [5, 5.41) is 0. The van der Waals surface area contributed by atoms with Crippen LogP contribution in [0.2, 0.25) is 0 Å². The van der Waals surface area contributed by atoms with Crippen molar-refractivity contribution in [2.45, 2.75) is 85.0 Å². The summed E-state index contributed by atoms with van der Waals surface area (Å²) in [4.78, 5) is 0. The largest absolute Gasteiger partial charge is 0.493 e. The second kappa shape index (κ2) is 14.8. The summed E-state index contributed by atoms with van der Waals surface area (Å²) in [5.74, 6) is 6.12. The van der Waals surface area contributed by atoms with Gasteiger partial charge in [-0.2, -0.15) is 0 Å². The van der Waals surface area contributed by atoms with Gasteiger partial charge in [-0.05, 0) is 68.5 Å². The van der Waals surface area contributed by atoms with Gasteiger partial charge in [0.1, 0.15) is 0 Å². The first-order valence-corrected chi connectivity index (χ1v) is 12.7. The van der Waals surface area contributed by atoms with E-state index in [4.69, 9.17) is 0 Å². The Morgan fingerprint density at radius 3 is 2.26 bits per heavy atom. The van der Waals surface area contributed by atoms with Crippen molar-refractivity contribution < 1.29 is 21.2 Å². The predicted molar refractivity (Wildman–Crippen MR) is 141 cm³/mol. The van der Waals surface area contributed by atoms with E-state index in [1.807, 2.05) is 19.1 Å². The van der Waals surface area contributed by atoms with Gasteiger partial charge >= 0.3 is 0 Å². The summed E-state index contributed by atoms with van der Waals surface area (Å²) >= 11 is 0. The number of unbranched alkanes of at least 4 members (excludes halogenated alkanes) is 6. The van der Waals surface area contributed by atoms with Crippen molar-refractivity contribution in [1.82, 2.24) is 0 Å². The molecule has 3 rings (SSSR count). The van der Waals surface area contributed by atoms with Crippen molar-refractivity contribution in [1.29, 1.82) is 0 Å². The SMILES string of the molecule is CC#Cc1cccc(C2=C(CCCC)C=C(c3cccc(CCCCCCCC)c3)[N+]2=[N-])c1.[Ni]. The van der Waals surface area contributed by atoms with Crippen LogP contribution in [0.15, 0.2) is 60.2 Å². The average Bonchev–Trinajstić information content (AvgIpc) is 3.16. The minimum atomic E-state index is 0. The third-order valence-electron chi connectivity index (χ3n) is 6.30. The molecule has 0 unspecified atom stereocenters. The van der Waals surface area contributed by atoms with E-state index < -0.39 is 0 Å². The summed E-state index contributed by atoms with van der Waals surface area (Å²) < 4.78 is 1.40. The molecule has 0 fully saturated rings. The standard InChI is InChI=1S/C31H38N2.Ni/c1-4-7-9-10-11-12-16-26-18-13-20-27(22-26)30-24-29(19-8-5-2)31(33(30)32)28-21-14-17-25(23-28)15-6-3;/h13-14,17-18,20-24H,4-5,7-12,16,19H2,1-3H3;. The van der Waals surface area contributed by atoms with Gasteiger partial charge in [0.25, 0.3) is 0 Å². The van der Waals surface area contributed by atoms with Gasteiger partial charge < -0.3 is 5.53 Å². The Balaban J connectivity index is 0.00000408. The number of allylic oxidation sites excluding steroid dienone is 2. The fourth-order valence-electron chi connectivity index (χ4n) is 4.51. The molecule has 1 aliphatic rings. The number of hydrogen-bond acceptors (Lipinski definition) is 0. The first-order valence-electron chi connectivity index (χ1n) is 12.7. The minimum absolute atomic E-state index is 0. The van der Waals surface area contributed by atoms with Gasteiger partial charge in [-0.1, -0.05) is 76.5 Å². The van der Waals surface area contributed by atoms with Crippen molar-refractivity contribution >= 4 is 11.4 Å². The van der Waals surface area contributed by atoms with E-state index in [-0.39, 0.29) is 16.5 Å². The quantitative estimate of drug-likeness (QED) is 0.121. The van der Waals surface area contributed by atoms with Crippen molar-refractivity contribution in [2.75, 3.05) is 0 Å². The molecule has 0 bridgehead atoms. The molecule has 1 aliphatic heterocycles. The third kappa shape index (κ3) is 7.54. The molecule has 0 saturated carbocycles. The van der Waals surface area contributed by atoms with Crippen LogP contribution < -0.4 is 0 Å². The molecule has 0 amide bonds. The van der Waals surface area contributed by atoms with E-state index in [0.29, 0.717) is 0 Å². The summed E-state index contributed by atoms with van der Waals surface area (Å²) in [6.45, 7) is 6.32. The van der Waals surface area contributed by atoms with Crippen LogP contribution in [0.3, 0.4) is 0 Å². The Kier molecular flexibility index (Phi) is 12.1. The molecular formula is C31H38N2Ni. The number of benzene rings is 2. The minimum Gasteiger partial charge on any atom is -0.493 e. The molecule has 0 radical (unpaired) electrons.